The van der Waals surface area contributed by atoms with Gasteiger partial charge in [-0.05, 0) is 37.6 Å². The molecule has 0 aromatic rings. The summed E-state index contributed by atoms with van der Waals surface area (Å²) >= 11 is 0. The summed E-state index contributed by atoms with van der Waals surface area (Å²) < 4.78 is 0. The van der Waals surface area contributed by atoms with Gasteiger partial charge in [0.2, 0.25) is 0 Å². The quantitative estimate of drug-likeness (QED) is 0.588. The molecule has 2 unspecified atom stereocenters. The van der Waals surface area contributed by atoms with Crippen molar-refractivity contribution in [3.63, 3.8) is 0 Å². The topological polar surface area (TPSA) is 12.0 Å². The van der Waals surface area contributed by atoms with Crippen LogP contribution >= 0.6 is 0 Å². The average molecular weight is 125 g/mol. The molecule has 1 saturated carbocycles. The summed E-state index contributed by atoms with van der Waals surface area (Å²) in [6.07, 6.45) is 4.37. The van der Waals surface area contributed by atoms with Crippen molar-refractivity contribution >= 4 is 0 Å². The smallest absolute Gasteiger partial charge is 0.0108 e. The molecule has 0 radical (unpaired) electrons. The Morgan fingerprint density at radius 1 is 1.44 bits per heavy atom. The lowest BCUT2D eigenvalue weighted by molar-refractivity contribution is 0.198. The van der Waals surface area contributed by atoms with Gasteiger partial charge < -0.3 is 5.32 Å². The standard InChI is InChI=1S/C8H15N/c1-2-8-7(5-9-8)6-3-4-6/h6-9H,2-5H2,1H3. The first-order valence-electron chi connectivity index (χ1n) is 4.15. The van der Waals surface area contributed by atoms with E-state index in [1.807, 2.05) is 0 Å². The fourth-order valence-electron chi connectivity index (χ4n) is 1.89. The molecule has 0 aromatic carbocycles. The first-order valence-corrected chi connectivity index (χ1v) is 4.15. The van der Waals surface area contributed by atoms with Crippen LogP contribution in [-0.4, -0.2) is 12.6 Å². The van der Waals surface area contributed by atoms with Crippen molar-refractivity contribution in [3.05, 3.63) is 0 Å². The van der Waals surface area contributed by atoms with E-state index in [1.54, 1.807) is 0 Å². The molecule has 2 aliphatic rings. The summed E-state index contributed by atoms with van der Waals surface area (Å²) in [6, 6.07) is 0.887. The molecule has 0 amide bonds. The van der Waals surface area contributed by atoms with Gasteiger partial charge in [0, 0.05) is 6.04 Å². The first kappa shape index (κ1) is 5.72. The highest BCUT2D eigenvalue weighted by atomic mass is 15.0. The van der Waals surface area contributed by atoms with Crippen LogP contribution in [0, 0.1) is 11.8 Å². The van der Waals surface area contributed by atoms with E-state index >= 15 is 0 Å². The van der Waals surface area contributed by atoms with Crippen molar-refractivity contribution in [3.8, 4) is 0 Å². The molecule has 1 saturated heterocycles. The zero-order valence-corrected chi connectivity index (χ0v) is 6.06. The van der Waals surface area contributed by atoms with E-state index in [0.717, 1.165) is 17.9 Å². The third kappa shape index (κ3) is 0.877. The predicted octanol–water partition coefficient (Wildman–Crippen LogP) is 1.39. The number of rotatable bonds is 2. The largest absolute Gasteiger partial charge is 0.313 e. The molecule has 0 aromatic heterocycles. The van der Waals surface area contributed by atoms with Crippen LogP contribution in [0.1, 0.15) is 26.2 Å². The van der Waals surface area contributed by atoms with Gasteiger partial charge in [-0.25, -0.2) is 0 Å². The van der Waals surface area contributed by atoms with Gasteiger partial charge in [0.1, 0.15) is 0 Å². The van der Waals surface area contributed by atoms with Gasteiger partial charge in [-0.1, -0.05) is 6.92 Å². The molecule has 0 spiro atoms. The Kier molecular flexibility index (Phi) is 1.26. The maximum absolute atomic E-state index is 3.47. The van der Waals surface area contributed by atoms with Gasteiger partial charge in [-0.15, -0.1) is 0 Å². The fraction of sp³-hybridized carbons (Fsp3) is 1.00. The van der Waals surface area contributed by atoms with Crippen molar-refractivity contribution in [2.75, 3.05) is 6.54 Å². The van der Waals surface area contributed by atoms with E-state index in [4.69, 9.17) is 0 Å². The minimum Gasteiger partial charge on any atom is -0.313 e. The van der Waals surface area contributed by atoms with Crippen LogP contribution in [0.25, 0.3) is 0 Å². The molecule has 2 fully saturated rings. The van der Waals surface area contributed by atoms with E-state index in [-0.39, 0.29) is 0 Å². The third-order valence-electron chi connectivity index (χ3n) is 2.80. The molecule has 1 heteroatoms. The maximum atomic E-state index is 3.47. The van der Waals surface area contributed by atoms with E-state index < -0.39 is 0 Å². The molecule has 52 valence electrons. The first-order chi connectivity index (χ1) is 4.42. The minimum atomic E-state index is 0.887. The summed E-state index contributed by atoms with van der Waals surface area (Å²) in [5.41, 5.74) is 0. The van der Waals surface area contributed by atoms with E-state index in [0.29, 0.717) is 0 Å². The van der Waals surface area contributed by atoms with Crippen LogP contribution in [0.2, 0.25) is 0 Å². The molecular weight excluding hydrogens is 110 g/mol. The van der Waals surface area contributed by atoms with Gasteiger partial charge >= 0.3 is 0 Å². The van der Waals surface area contributed by atoms with Crippen molar-refractivity contribution < 1.29 is 0 Å². The van der Waals surface area contributed by atoms with Gasteiger partial charge in [0.05, 0.1) is 0 Å². The van der Waals surface area contributed by atoms with Crippen LogP contribution in [0.4, 0.5) is 0 Å². The van der Waals surface area contributed by atoms with Crippen LogP contribution < -0.4 is 5.32 Å². The molecular formula is C8H15N. The van der Waals surface area contributed by atoms with Gasteiger partial charge in [-0.3, -0.25) is 0 Å². The highest BCUT2D eigenvalue weighted by Crippen LogP contribution is 2.41. The lowest BCUT2D eigenvalue weighted by Crippen LogP contribution is -2.53. The summed E-state index contributed by atoms with van der Waals surface area (Å²) in [5, 5.41) is 3.47. The summed E-state index contributed by atoms with van der Waals surface area (Å²) in [6.45, 7) is 3.59. The van der Waals surface area contributed by atoms with Crippen LogP contribution in [0.15, 0.2) is 0 Å². The van der Waals surface area contributed by atoms with Crippen LogP contribution in [-0.2, 0) is 0 Å². The molecule has 1 nitrogen and oxygen atoms in total. The Bertz CT molecular complexity index is 105. The zero-order chi connectivity index (χ0) is 6.27. The van der Waals surface area contributed by atoms with Gasteiger partial charge in [0.15, 0.2) is 0 Å². The molecule has 1 aliphatic carbocycles. The van der Waals surface area contributed by atoms with Crippen molar-refractivity contribution in [1.29, 1.82) is 0 Å². The number of hydrogen-bond donors (Lipinski definition) is 1. The predicted molar refractivity (Wildman–Crippen MR) is 38.3 cm³/mol. The second kappa shape index (κ2) is 1.98. The molecule has 1 heterocycles. The highest BCUT2D eigenvalue weighted by Gasteiger charge is 2.40. The lowest BCUT2D eigenvalue weighted by atomic mass is 9.86. The van der Waals surface area contributed by atoms with Crippen molar-refractivity contribution in [2.45, 2.75) is 32.2 Å². The zero-order valence-electron chi connectivity index (χ0n) is 6.06. The second-order valence-electron chi connectivity index (χ2n) is 3.42. The van der Waals surface area contributed by atoms with Crippen molar-refractivity contribution in [2.24, 2.45) is 11.8 Å². The van der Waals surface area contributed by atoms with E-state index in [9.17, 15) is 0 Å². The summed E-state index contributed by atoms with van der Waals surface area (Å²) in [4.78, 5) is 0. The lowest BCUT2D eigenvalue weighted by Gasteiger charge is -2.37. The van der Waals surface area contributed by atoms with Crippen LogP contribution in [0.3, 0.4) is 0 Å². The van der Waals surface area contributed by atoms with Gasteiger partial charge in [0.25, 0.3) is 0 Å². The molecule has 1 N–H and O–H groups in total. The summed E-state index contributed by atoms with van der Waals surface area (Å²) in [5.74, 6) is 2.19. The maximum Gasteiger partial charge on any atom is 0.0108 e. The van der Waals surface area contributed by atoms with Crippen molar-refractivity contribution in [1.82, 2.24) is 5.32 Å². The number of nitrogens with one attached hydrogen (secondary N) is 1. The van der Waals surface area contributed by atoms with Crippen LogP contribution in [0.5, 0.6) is 0 Å². The summed E-state index contributed by atoms with van der Waals surface area (Å²) in [7, 11) is 0. The molecule has 1 aliphatic heterocycles. The minimum absolute atomic E-state index is 0.887. The molecule has 2 rings (SSSR count). The normalized spacial score (nSPS) is 42.3. The van der Waals surface area contributed by atoms with E-state index in [2.05, 4.69) is 12.2 Å². The third-order valence-corrected chi connectivity index (χ3v) is 2.80. The Morgan fingerprint density at radius 3 is 2.56 bits per heavy atom. The van der Waals surface area contributed by atoms with E-state index in [1.165, 1.54) is 25.8 Å². The fourth-order valence-corrected chi connectivity index (χ4v) is 1.89. The average Bonchev–Trinajstić information content (AvgIpc) is 2.48. The Morgan fingerprint density at radius 2 is 2.22 bits per heavy atom. The monoisotopic (exact) mass is 125 g/mol. The Hall–Kier alpha value is -0.0400. The molecule has 2 atom stereocenters. The Labute approximate surface area is 56.8 Å². The second-order valence-corrected chi connectivity index (χ2v) is 3.42. The van der Waals surface area contributed by atoms with Gasteiger partial charge in [-0.2, -0.15) is 0 Å². The molecule has 0 bridgehead atoms. The number of hydrogen-bond acceptors (Lipinski definition) is 1. The SMILES string of the molecule is CCC1NCC1C1CC1. The Balaban J connectivity index is 1.83. The highest BCUT2D eigenvalue weighted by molar-refractivity contribution is 4.96. The molecule has 9 heavy (non-hydrogen) atoms.